The second-order valence-electron chi connectivity index (χ2n) is 5.56. The molecule has 1 unspecified atom stereocenters. The highest BCUT2D eigenvalue weighted by Crippen LogP contribution is 2.25. The van der Waals surface area contributed by atoms with E-state index < -0.39 is 5.72 Å². The Morgan fingerprint density at radius 3 is 2.17 bits per heavy atom. The summed E-state index contributed by atoms with van der Waals surface area (Å²) in [7, 11) is 0. The van der Waals surface area contributed by atoms with E-state index in [1.807, 2.05) is 58.0 Å². The molecule has 0 aliphatic carbocycles. The van der Waals surface area contributed by atoms with Crippen molar-refractivity contribution in [1.29, 1.82) is 0 Å². The van der Waals surface area contributed by atoms with Crippen molar-refractivity contribution in [3.63, 3.8) is 0 Å². The third kappa shape index (κ3) is 5.30. The monoisotopic (exact) mass is 247 g/mol. The zero-order chi connectivity index (χ0) is 13.6. The van der Waals surface area contributed by atoms with Crippen LogP contribution >= 0.6 is 0 Å². The molecule has 1 atom stereocenters. The van der Waals surface area contributed by atoms with Crippen LogP contribution < -0.4 is 4.74 Å². The van der Waals surface area contributed by atoms with E-state index in [0.717, 1.165) is 18.6 Å². The second kappa shape index (κ2) is 5.98. The summed E-state index contributed by atoms with van der Waals surface area (Å²) in [6.07, 6.45) is 1.49. The molecule has 0 heterocycles. The minimum absolute atomic E-state index is 0.192. The largest absolute Gasteiger partial charge is 0.465 e. The minimum atomic E-state index is -0.642. The number of hydrogen-bond donors (Lipinski definition) is 0. The molecule has 1 aromatic carbocycles. The van der Waals surface area contributed by atoms with E-state index in [4.69, 9.17) is 4.74 Å². The smallest absolute Gasteiger partial charge is 0.216 e. The van der Waals surface area contributed by atoms with Crippen LogP contribution in [0.15, 0.2) is 40.6 Å². The van der Waals surface area contributed by atoms with Gasteiger partial charge in [0.15, 0.2) is 0 Å². The molecule has 0 spiro atoms. The number of hydrogen-bond acceptors (Lipinski definition) is 3. The summed E-state index contributed by atoms with van der Waals surface area (Å²) in [5.41, 5.74) is -0.834. The zero-order valence-electron chi connectivity index (χ0n) is 11.8. The number of azo groups is 1. The molecule has 0 saturated carbocycles. The average molecular weight is 247 g/mol. The van der Waals surface area contributed by atoms with Crippen LogP contribution in [-0.4, -0.2) is 11.3 Å². The van der Waals surface area contributed by atoms with Gasteiger partial charge in [-0.1, -0.05) is 25.1 Å². The molecule has 0 saturated heterocycles. The van der Waals surface area contributed by atoms with E-state index in [-0.39, 0.29) is 5.54 Å². The van der Waals surface area contributed by atoms with Gasteiger partial charge in [-0.3, -0.25) is 0 Å². The zero-order valence-corrected chi connectivity index (χ0v) is 11.8. The molecule has 0 amide bonds. The Bertz CT molecular complexity index is 381. The molecule has 1 radical (unpaired) electrons. The van der Waals surface area contributed by atoms with Crippen LogP contribution in [-0.2, 0) is 0 Å². The highest BCUT2D eigenvalue weighted by Gasteiger charge is 2.26. The van der Waals surface area contributed by atoms with Gasteiger partial charge in [0.1, 0.15) is 5.75 Å². The SMILES string of the molecule is [CH2]CCC(C)(N=NC(C)(C)C)Oc1ccccc1. The van der Waals surface area contributed by atoms with Crippen LogP contribution in [0.1, 0.15) is 40.5 Å². The van der Waals surface area contributed by atoms with Gasteiger partial charge in [0.2, 0.25) is 5.72 Å². The Morgan fingerprint density at radius 1 is 1.06 bits per heavy atom. The predicted octanol–water partition coefficient (Wildman–Crippen LogP) is 4.65. The van der Waals surface area contributed by atoms with E-state index >= 15 is 0 Å². The van der Waals surface area contributed by atoms with Gasteiger partial charge in [-0.15, -0.1) is 5.11 Å². The molecule has 1 rings (SSSR count). The molecule has 3 nitrogen and oxygen atoms in total. The molecule has 0 fully saturated rings. The maximum Gasteiger partial charge on any atom is 0.216 e. The number of benzene rings is 1. The molecular weight excluding hydrogens is 224 g/mol. The number of rotatable bonds is 5. The summed E-state index contributed by atoms with van der Waals surface area (Å²) in [6, 6.07) is 9.70. The van der Waals surface area contributed by atoms with Crippen molar-refractivity contribution in [3.05, 3.63) is 37.3 Å². The molecule has 99 valence electrons. The van der Waals surface area contributed by atoms with Gasteiger partial charge in [0.05, 0.1) is 5.54 Å². The highest BCUT2D eigenvalue weighted by molar-refractivity contribution is 5.21. The Balaban J connectivity index is 2.83. The lowest BCUT2D eigenvalue weighted by molar-refractivity contribution is 0.0781. The Morgan fingerprint density at radius 2 is 1.67 bits per heavy atom. The van der Waals surface area contributed by atoms with Crippen molar-refractivity contribution in [1.82, 2.24) is 0 Å². The molecule has 0 aliphatic heterocycles. The van der Waals surface area contributed by atoms with Gasteiger partial charge < -0.3 is 4.74 Å². The third-order valence-corrected chi connectivity index (χ3v) is 2.28. The number of nitrogens with zero attached hydrogens (tertiary/aromatic N) is 2. The molecule has 3 heteroatoms. The Labute approximate surface area is 110 Å². The van der Waals surface area contributed by atoms with Gasteiger partial charge in [0.25, 0.3) is 0 Å². The van der Waals surface area contributed by atoms with Crippen LogP contribution in [0.3, 0.4) is 0 Å². The molecule has 18 heavy (non-hydrogen) atoms. The van der Waals surface area contributed by atoms with Gasteiger partial charge in [-0.25, -0.2) is 0 Å². The van der Waals surface area contributed by atoms with E-state index in [9.17, 15) is 0 Å². The lowest BCUT2D eigenvalue weighted by atomic mass is 10.1. The fraction of sp³-hybridized carbons (Fsp3) is 0.533. The lowest BCUT2D eigenvalue weighted by Crippen LogP contribution is -2.30. The molecule has 1 aromatic rings. The van der Waals surface area contributed by atoms with Crippen molar-refractivity contribution in [2.24, 2.45) is 10.2 Å². The maximum absolute atomic E-state index is 5.94. The van der Waals surface area contributed by atoms with Gasteiger partial charge in [-0.05, 0) is 46.2 Å². The van der Waals surface area contributed by atoms with Gasteiger partial charge >= 0.3 is 0 Å². The van der Waals surface area contributed by atoms with Crippen molar-refractivity contribution < 1.29 is 4.74 Å². The normalized spacial score (nSPS) is 15.6. The maximum atomic E-state index is 5.94. The molecule has 0 bridgehead atoms. The fourth-order valence-corrected chi connectivity index (χ4v) is 1.45. The molecule has 0 aliphatic rings. The first-order valence-electron chi connectivity index (χ1n) is 6.32. The average Bonchev–Trinajstić information content (AvgIpc) is 2.27. The standard InChI is InChI=1S/C15H23N2O/c1-6-12-15(5,17-16-14(2,3)4)18-13-10-8-7-9-11-13/h7-11H,1,6,12H2,2-5H3. The van der Waals surface area contributed by atoms with Crippen LogP contribution in [0.4, 0.5) is 0 Å². The van der Waals surface area contributed by atoms with Crippen molar-refractivity contribution in [2.75, 3.05) is 0 Å². The quantitative estimate of drug-likeness (QED) is 0.697. The van der Waals surface area contributed by atoms with E-state index in [1.54, 1.807) is 0 Å². The van der Waals surface area contributed by atoms with Crippen molar-refractivity contribution in [3.8, 4) is 5.75 Å². The summed E-state index contributed by atoms with van der Waals surface area (Å²) in [5.74, 6) is 0.807. The van der Waals surface area contributed by atoms with Crippen LogP contribution in [0, 0.1) is 6.92 Å². The summed E-state index contributed by atoms with van der Waals surface area (Å²) in [6.45, 7) is 11.9. The first-order valence-corrected chi connectivity index (χ1v) is 6.32. The summed E-state index contributed by atoms with van der Waals surface area (Å²) in [5, 5.41) is 8.69. The first kappa shape index (κ1) is 14.7. The van der Waals surface area contributed by atoms with Crippen molar-refractivity contribution >= 4 is 0 Å². The second-order valence-corrected chi connectivity index (χ2v) is 5.56. The third-order valence-electron chi connectivity index (χ3n) is 2.28. The number of para-hydroxylation sites is 1. The van der Waals surface area contributed by atoms with Gasteiger partial charge in [-0.2, -0.15) is 5.11 Å². The molecule has 0 N–H and O–H groups in total. The lowest BCUT2D eigenvalue weighted by Gasteiger charge is -2.26. The topological polar surface area (TPSA) is 34.0 Å². The Kier molecular flexibility index (Phi) is 4.88. The van der Waals surface area contributed by atoms with E-state index in [0.29, 0.717) is 0 Å². The van der Waals surface area contributed by atoms with Crippen LogP contribution in [0.25, 0.3) is 0 Å². The predicted molar refractivity (Wildman–Crippen MR) is 74.7 cm³/mol. The summed E-state index contributed by atoms with van der Waals surface area (Å²) in [4.78, 5) is 0. The minimum Gasteiger partial charge on any atom is -0.465 e. The van der Waals surface area contributed by atoms with Crippen LogP contribution in [0.5, 0.6) is 5.75 Å². The van der Waals surface area contributed by atoms with E-state index in [1.165, 1.54) is 0 Å². The van der Waals surface area contributed by atoms with Crippen LogP contribution in [0.2, 0.25) is 0 Å². The molecule has 0 aromatic heterocycles. The van der Waals surface area contributed by atoms with E-state index in [2.05, 4.69) is 17.2 Å². The first-order chi connectivity index (χ1) is 8.35. The number of ether oxygens (including phenoxy) is 1. The highest BCUT2D eigenvalue weighted by atomic mass is 16.5. The van der Waals surface area contributed by atoms with Crippen molar-refractivity contribution in [2.45, 2.75) is 51.8 Å². The van der Waals surface area contributed by atoms with Gasteiger partial charge in [0, 0.05) is 6.42 Å². The summed E-state index contributed by atoms with van der Waals surface area (Å²) < 4.78 is 5.94. The summed E-state index contributed by atoms with van der Waals surface area (Å²) >= 11 is 0. The fourth-order valence-electron chi connectivity index (χ4n) is 1.45. The molecular formula is C15H23N2O. The Hall–Kier alpha value is -1.38.